The van der Waals surface area contributed by atoms with E-state index < -0.39 is 12.1 Å². The fraction of sp³-hybridized carbons (Fsp3) is 0.323. The number of carbonyl (C=O) groups is 1. The first kappa shape index (κ1) is 33.7. The number of rotatable bonds is 12. The zero-order valence-electron chi connectivity index (χ0n) is 24.9. The SMILES string of the molecule is O=C(O)C(F)(F)F.Oc1ccc(CCNc2nc(NCCCOc3ccccc3-c3ccncc3)nc(N3CCNCC3)n2)cc1. The number of anilines is 3. The number of alkyl halides is 3. The van der Waals surface area contributed by atoms with Gasteiger partial charge in [0.2, 0.25) is 17.8 Å². The Morgan fingerprint density at radius 2 is 1.54 bits per heavy atom. The molecule has 2 aromatic carbocycles. The lowest BCUT2D eigenvalue weighted by atomic mass is 10.1. The number of hydrogen-bond donors (Lipinski definition) is 5. The maximum atomic E-state index is 10.6. The topological polar surface area (TPSA) is 158 Å². The van der Waals surface area contributed by atoms with E-state index in [0.29, 0.717) is 37.5 Å². The highest BCUT2D eigenvalue weighted by atomic mass is 19.4. The molecule has 0 spiro atoms. The van der Waals surface area contributed by atoms with Gasteiger partial charge in [-0.05, 0) is 54.3 Å². The highest BCUT2D eigenvalue weighted by Crippen LogP contribution is 2.29. The monoisotopic (exact) mass is 640 g/mol. The van der Waals surface area contributed by atoms with Crippen LogP contribution in [0.2, 0.25) is 0 Å². The standard InChI is InChI=1S/C29H34N8O2.C2HF3O2/c38-24-8-6-22(7-9-24)10-16-33-28-34-27(35-29(36-28)37-19-17-31-18-20-37)32-13-3-21-39-26-5-2-1-4-25(26)23-11-14-30-15-12-23;3-2(4,5)1(6)7/h1-2,4-9,11-12,14-15,31,38H,3,10,13,16-21H2,(H2,32,33,34,35,36);(H,6,7). The molecular formula is C31H35F3N8O4. The number of nitrogens with zero attached hydrogens (tertiary/aromatic N) is 5. The molecule has 2 aromatic heterocycles. The number of aromatic nitrogens is 4. The number of hydrogen-bond acceptors (Lipinski definition) is 11. The first-order chi connectivity index (χ1) is 22.2. The Balaban J connectivity index is 0.000000617. The van der Waals surface area contributed by atoms with E-state index in [2.05, 4.69) is 41.9 Å². The minimum Gasteiger partial charge on any atom is -0.508 e. The lowest BCUT2D eigenvalue weighted by Crippen LogP contribution is -2.44. The Kier molecular flexibility index (Phi) is 12.3. The second-order valence-electron chi connectivity index (χ2n) is 10.0. The summed E-state index contributed by atoms with van der Waals surface area (Å²) in [5.74, 6) is 0.121. The van der Waals surface area contributed by atoms with Crippen molar-refractivity contribution in [2.24, 2.45) is 0 Å². The number of halogens is 3. The molecule has 46 heavy (non-hydrogen) atoms. The second-order valence-corrected chi connectivity index (χ2v) is 10.0. The van der Waals surface area contributed by atoms with Crippen molar-refractivity contribution in [2.45, 2.75) is 19.0 Å². The summed E-state index contributed by atoms with van der Waals surface area (Å²) in [7, 11) is 0. The first-order valence-electron chi connectivity index (χ1n) is 14.6. The number of carboxylic acids is 1. The average molecular weight is 641 g/mol. The van der Waals surface area contributed by atoms with E-state index in [1.807, 2.05) is 42.5 Å². The molecule has 0 atom stereocenters. The molecule has 1 fully saturated rings. The lowest BCUT2D eigenvalue weighted by Gasteiger charge is -2.27. The number of phenolic OH excluding ortho intramolecular Hbond substituents is 1. The van der Waals surface area contributed by atoms with Gasteiger partial charge in [-0.3, -0.25) is 4.98 Å². The molecule has 12 nitrogen and oxygen atoms in total. The predicted molar refractivity (Wildman–Crippen MR) is 167 cm³/mol. The molecule has 1 saturated heterocycles. The Morgan fingerprint density at radius 3 is 2.20 bits per heavy atom. The largest absolute Gasteiger partial charge is 0.508 e. The molecule has 244 valence electrons. The van der Waals surface area contributed by atoms with Crippen LogP contribution in [0.4, 0.5) is 31.0 Å². The van der Waals surface area contributed by atoms with Crippen LogP contribution in [-0.2, 0) is 11.2 Å². The van der Waals surface area contributed by atoms with Gasteiger partial charge in [0.1, 0.15) is 11.5 Å². The summed E-state index contributed by atoms with van der Waals surface area (Å²) >= 11 is 0. The van der Waals surface area contributed by atoms with Crippen LogP contribution in [0.25, 0.3) is 11.1 Å². The normalized spacial score (nSPS) is 12.9. The highest BCUT2D eigenvalue weighted by molar-refractivity contribution is 5.73. The quantitative estimate of drug-likeness (QED) is 0.141. The fourth-order valence-electron chi connectivity index (χ4n) is 4.33. The molecule has 0 radical (unpaired) electrons. The van der Waals surface area contributed by atoms with Gasteiger partial charge in [-0.2, -0.15) is 28.1 Å². The number of phenols is 1. The molecule has 0 aliphatic carbocycles. The van der Waals surface area contributed by atoms with E-state index in [-0.39, 0.29) is 5.75 Å². The van der Waals surface area contributed by atoms with Crippen LogP contribution >= 0.6 is 0 Å². The van der Waals surface area contributed by atoms with Gasteiger partial charge in [-0.15, -0.1) is 0 Å². The van der Waals surface area contributed by atoms with Gasteiger partial charge in [0.05, 0.1) is 6.61 Å². The number of benzene rings is 2. The summed E-state index contributed by atoms with van der Waals surface area (Å²) in [5.41, 5.74) is 3.25. The number of piperazine rings is 1. The van der Waals surface area contributed by atoms with Gasteiger partial charge in [-0.1, -0.05) is 30.3 Å². The van der Waals surface area contributed by atoms with Crippen molar-refractivity contribution in [1.82, 2.24) is 25.3 Å². The maximum Gasteiger partial charge on any atom is 0.490 e. The van der Waals surface area contributed by atoms with Crippen molar-refractivity contribution in [1.29, 1.82) is 0 Å². The molecular weight excluding hydrogens is 605 g/mol. The van der Waals surface area contributed by atoms with Crippen LogP contribution in [0.3, 0.4) is 0 Å². The number of aromatic hydroxyl groups is 1. The summed E-state index contributed by atoms with van der Waals surface area (Å²) in [6.07, 6.45) is 0.0603. The van der Waals surface area contributed by atoms with E-state index in [4.69, 9.17) is 19.6 Å². The first-order valence-corrected chi connectivity index (χ1v) is 14.6. The summed E-state index contributed by atoms with van der Waals surface area (Å²) < 4.78 is 37.9. The number of ether oxygens (including phenoxy) is 1. The lowest BCUT2D eigenvalue weighted by molar-refractivity contribution is -0.192. The summed E-state index contributed by atoms with van der Waals surface area (Å²) in [6.45, 7) is 5.38. The third-order valence-electron chi connectivity index (χ3n) is 6.64. The van der Waals surface area contributed by atoms with Gasteiger partial charge < -0.3 is 35.8 Å². The smallest absolute Gasteiger partial charge is 0.490 e. The summed E-state index contributed by atoms with van der Waals surface area (Å²) in [6, 6.07) is 19.2. The molecule has 0 saturated carbocycles. The van der Waals surface area contributed by atoms with Crippen LogP contribution in [0.5, 0.6) is 11.5 Å². The Morgan fingerprint density at radius 1 is 0.913 bits per heavy atom. The van der Waals surface area contributed by atoms with Crippen molar-refractivity contribution in [3.63, 3.8) is 0 Å². The van der Waals surface area contributed by atoms with Crippen molar-refractivity contribution in [2.75, 3.05) is 61.4 Å². The Labute approximate surface area is 263 Å². The molecule has 1 aliphatic heterocycles. The van der Waals surface area contributed by atoms with Gasteiger partial charge >= 0.3 is 12.1 Å². The number of pyridine rings is 1. The number of nitrogens with one attached hydrogen (secondary N) is 3. The van der Waals surface area contributed by atoms with Crippen molar-refractivity contribution in [3.8, 4) is 22.6 Å². The van der Waals surface area contributed by atoms with Crippen LogP contribution in [0, 0.1) is 0 Å². The highest BCUT2D eigenvalue weighted by Gasteiger charge is 2.38. The summed E-state index contributed by atoms with van der Waals surface area (Å²) in [5, 5.41) is 26.7. The third-order valence-corrected chi connectivity index (χ3v) is 6.64. The average Bonchev–Trinajstić information content (AvgIpc) is 3.06. The second kappa shape index (κ2) is 16.8. The van der Waals surface area contributed by atoms with Gasteiger partial charge in [-0.25, -0.2) is 4.79 Å². The van der Waals surface area contributed by atoms with Crippen molar-refractivity contribution >= 4 is 23.8 Å². The number of aliphatic carboxylic acids is 1. The van der Waals surface area contributed by atoms with E-state index in [1.54, 1.807) is 24.5 Å². The molecule has 5 rings (SSSR count). The molecule has 15 heteroatoms. The Hall–Kier alpha value is -5.18. The third kappa shape index (κ3) is 10.8. The van der Waals surface area contributed by atoms with Crippen LogP contribution < -0.4 is 25.6 Å². The molecule has 0 bridgehead atoms. The number of carboxylic acid groups (broad SMARTS) is 1. The van der Waals surface area contributed by atoms with E-state index in [9.17, 15) is 18.3 Å². The minimum atomic E-state index is -5.08. The zero-order valence-corrected chi connectivity index (χ0v) is 24.9. The van der Waals surface area contributed by atoms with E-state index in [0.717, 1.165) is 61.5 Å². The van der Waals surface area contributed by atoms with Crippen LogP contribution in [-0.4, -0.2) is 88.2 Å². The molecule has 5 N–H and O–H groups in total. The van der Waals surface area contributed by atoms with Crippen molar-refractivity contribution < 1.29 is 32.9 Å². The summed E-state index contributed by atoms with van der Waals surface area (Å²) in [4.78, 5) is 29.2. The van der Waals surface area contributed by atoms with Gasteiger partial charge in [0.15, 0.2) is 0 Å². The fourth-order valence-corrected chi connectivity index (χ4v) is 4.33. The molecule has 0 unspecified atom stereocenters. The Bertz CT molecular complexity index is 1520. The maximum absolute atomic E-state index is 10.6. The van der Waals surface area contributed by atoms with Gasteiger partial charge in [0.25, 0.3) is 0 Å². The molecule has 0 amide bonds. The van der Waals surface area contributed by atoms with E-state index >= 15 is 0 Å². The predicted octanol–water partition coefficient (Wildman–Crippen LogP) is 4.22. The van der Waals surface area contributed by atoms with Crippen LogP contribution in [0.15, 0.2) is 73.1 Å². The minimum absolute atomic E-state index is 0.268. The van der Waals surface area contributed by atoms with E-state index in [1.165, 1.54) is 0 Å². The van der Waals surface area contributed by atoms with Crippen LogP contribution in [0.1, 0.15) is 12.0 Å². The molecule has 4 aromatic rings. The number of para-hydroxylation sites is 1. The van der Waals surface area contributed by atoms with Gasteiger partial charge in [0, 0.05) is 57.2 Å². The molecule has 3 heterocycles. The molecule has 1 aliphatic rings. The van der Waals surface area contributed by atoms with Crippen molar-refractivity contribution in [3.05, 3.63) is 78.6 Å². The zero-order chi connectivity index (χ0) is 32.8.